The third-order valence-corrected chi connectivity index (χ3v) is 3.98. The summed E-state index contributed by atoms with van der Waals surface area (Å²) in [6.07, 6.45) is 2.45. The Morgan fingerprint density at radius 1 is 1.32 bits per heavy atom. The molecular weight excluding hydrogens is 240 g/mol. The molecule has 0 radical (unpaired) electrons. The van der Waals surface area contributed by atoms with Gasteiger partial charge in [-0.2, -0.15) is 4.68 Å². The Hall–Kier alpha value is -1.75. The van der Waals surface area contributed by atoms with Crippen molar-refractivity contribution < 1.29 is 4.90 Å². The topological polar surface area (TPSA) is 52.2 Å². The van der Waals surface area contributed by atoms with Crippen molar-refractivity contribution in [2.24, 2.45) is 5.92 Å². The maximum absolute atomic E-state index is 12.3. The summed E-state index contributed by atoms with van der Waals surface area (Å²) >= 11 is 0. The Kier molecular flexibility index (Phi) is 3.29. The van der Waals surface area contributed by atoms with E-state index >= 15 is 0 Å². The molecule has 1 aliphatic heterocycles. The Bertz CT molecular complexity index is 629. The van der Waals surface area contributed by atoms with Gasteiger partial charge < -0.3 is 4.90 Å². The van der Waals surface area contributed by atoms with Gasteiger partial charge in [-0.15, -0.1) is 5.10 Å². The minimum absolute atomic E-state index is 0.0308. The molecule has 19 heavy (non-hydrogen) atoms. The van der Waals surface area contributed by atoms with Crippen LogP contribution in [-0.4, -0.2) is 28.1 Å². The number of piperidine rings is 1. The van der Waals surface area contributed by atoms with E-state index in [1.165, 1.54) is 22.4 Å². The second-order valence-corrected chi connectivity index (χ2v) is 5.50. The fourth-order valence-corrected chi connectivity index (χ4v) is 2.67. The molecule has 0 unspecified atom stereocenters. The molecule has 1 aliphatic rings. The standard InChI is InChI=1S/C14H18N4O/c1-11-6-8-17(9-7-11)10-18-14(19)12-4-2-3-5-13(12)15-16-18/h2-5,11H,6-10H2,1H3/p+1. The van der Waals surface area contributed by atoms with Crippen LogP contribution in [0.5, 0.6) is 0 Å². The molecule has 0 atom stereocenters. The maximum atomic E-state index is 12.3. The van der Waals surface area contributed by atoms with Gasteiger partial charge in [0.15, 0.2) is 6.67 Å². The van der Waals surface area contributed by atoms with Crippen LogP contribution in [0.1, 0.15) is 19.8 Å². The van der Waals surface area contributed by atoms with Crippen molar-refractivity contribution in [3.8, 4) is 0 Å². The van der Waals surface area contributed by atoms with Crippen molar-refractivity contribution in [3.63, 3.8) is 0 Å². The van der Waals surface area contributed by atoms with Crippen molar-refractivity contribution in [3.05, 3.63) is 34.6 Å². The Labute approximate surface area is 111 Å². The lowest BCUT2D eigenvalue weighted by Crippen LogP contribution is -3.12. The average Bonchev–Trinajstić information content (AvgIpc) is 2.45. The van der Waals surface area contributed by atoms with E-state index in [0.717, 1.165) is 19.0 Å². The highest BCUT2D eigenvalue weighted by atomic mass is 16.1. The monoisotopic (exact) mass is 259 g/mol. The number of hydrogen-bond donors (Lipinski definition) is 1. The lowest BCUT2D eigenvalue weighted by molar-refractivity contribution is -0.929. The largest absolute Gasteiger partial charge is 0.316 e. The zero-order valence-corrected chi connectivity index (χ0v) is 11.2. The van der Waals surface area contributed by atoms with Gasteiger partial charge in [-0.25, -0.2) is 0 Å². The van der Waals surface area contributed by atoms with E-state index in [1.807, 2.05) is 24.3 Å². The number of nitrogens with one attached hydrogen (secondary N) is 1. The molecule has 2 heterocycles. The number of benzene rings is 1. The van der Waals surface area contributed by atoms with E-state index in [0.29, 0.717) is 17.6 Å². The molecular formula is C14H19N4O+. The number of hydrogen-bond acceptors (Lipinski definition) is 3. The molecule has 0 spiro atoms. The number of nitrogens with zero attached hydrogens (tertiary/aromatic N) is 3. The van der Waals surface area contributed by atoms with Gasteiger partial charge in [-0.1, -0.05) is 24.3 Å². The molecule has 5 nitrogen and oxygen atoms in total. The van der Waals surface area contributed by atoms with Crippen molar-refractivity contribution in [2.75, 3.05) is 13.1 Å². The number of fused-ring (bicyclic) bond motifs is 1. The molecule has 0 amide bonds. The lowest BCUT2D eigenvalue weighted by Gasteiger charge is -2.26. The number of quaternary nitrogens is 1. The quantitative estimate of drug-likeness (QED) is 0.830. The summed E-state index contributed by atoms with van der Waals surface area (Å²) in [7, 11) is 0. The predicted molar refractivity (Wildman–Crippen MR) is 72.9 cm³/mol. The molecule has 0 bridgehead atoms. The molecule has 1 N–H and O–H groups in total. The van der Waals surface area contributed by atoms with Crippen LogP contribution in [0.4, 0.5) is 0 Å². The highest BCUT2D eigenvalue weighted by molar-refractivity contribution is 5.76. The average molecular weight is 259 g/mol. The van der Waals surface area contributed by atoms with Crippen LogP contribution in [0.2, 0.25) is 0 Å². The molecule has 1 aromatic heterocycles. The van der Waals surface area contributed by atoms with Crippen LogP contribution in [0.15, 0.2) is 29.1 Å². The zero-order chi connectivity index (χ0) is 13.2. The fraction of sp³-hybridized carbons (Fsp3) is 0.500. The van der Waals surface area contributed by atoms with Gasteiger partial charge in [0.05, 0.1) is 18.5 Å². The van der Waals surface area contributed by atoms with E-state index in [2.05, 4.69) is 17.2 Å². The van der Waals surface area contributed by atoms with E-state index in [1.54, 1.807) is 0 Å². The SMILES string of the molecule is CC1CC[NH+](Cn2nnc3ccccc3c2=O)CC1. The highest BCUT2D eigenvalue weighted by Crippen LogP contribution is 2.06. The second kappa shape index (κ2) is 5.09. The summed E-state index contributed by atoms with van der Waals surface area (Å²) < 4.78 is 1.51. The highest BCUT2D eigenvalue weighted by Gasteiger charge is 2.20. The number of likely N-dealkylation sites (tertiary alicyclic amines) is 1. The van der Waals surface area contributed by atoms with Crippen molar-refractivity contribution >= 4 is 10.9 Å². The predicted octanol–water partition coefficient (Wildman–Crippen LogP) is 0.0638. The molecule has 3 rings (SSSR count). The normalized spacial score (nSPS) is 23.6. The Morgan fingerprint density at radius 3 is 2.84 bits per heavy atom. The van der Waals surface area contributed by atoms with Gasteiger partial charge >= 0.3 is 0 Å². The van der Waals surface area contributed by atoms with Gasteiger partial charge in [0.2, 0.25) is 0 Å². The molecule has 100 valence electrons. The first-order valence-corrected chi connectivity index (χ1v) is 6.90. The smallest absolute Gasteiger partial charge is 0.282 e. The molecule has 5 heteroatoms. The third-order valence-electron chi connectivity index (χ3n) is 3.98. The summed E-state index contributed by atoms with van der Waals surface area (Å²) in [5, 5.41) is 8.83. The third kappa shape index (κ3) is 2.51. The van der Waals surface area contributed by atoms with Crippen LogP contribution in [-0.2, 0) is 6.67 Å². The summed E-state index contributed by atoms with van der Waals surface area (Å²) in [6, 6.07) is 7.38. The number of aromatic nitrogens is 3. The Balaban J connectivity index is 1.85. The van der Waals surface area contributed by atoms with Gasteiger partial charge in [0.25, 0.3) is 5.56 Å². The van der Waals surface area contributed by atoms with E-state index < -0.39 is 0 Å². The molecule has 1 aromatic carbocycles. The minimum Gasteiger partial charge on any atom is -0.316 e. The fourth-order valence-electron chi connectivity index (χ4n) is 2.67. The summed E-state index contributed by atoms with van der Waals surface area (Å²) in [5.41, 5.74) is 0.641. The zero-order valence-electron chi connectivity index (χ0n) is 11.2. The summed E-state index contributed by atoms with van der Waals surface area (Å²) in [4.78, 5) is 13.7. The van der Waals surface area contributed by atoms with Crippen LogP contribution in [0.3, 0.4) is 0 Å². The summed E-state index contributed by atoms with van der Waals surface area (Å²) in [6.45, 7) is 5.15. The molecule has 2 aromatic rings. The second-order valence-electron chi connectivity index (χ2n) is 5.50. The van der Waals surface area contributed by atoms with E-state index in [-0.39, 0.29) is 5.56 Å². The molecule has 1 saturated heterocycles. The van der Waals surface area contributed by atoms with Crippen molar-refractivity contribution in [2.45, 2.75) is 26.4 Å². The minimum atomic E-state index is -0.0308. The number of rotatable bonds is 2. The van der Waals surface area contributed by atoms with Crippen LogP contribution < -0.4 is 10.5 Å². The van der Waals surface area contributed by atoms with E-state index in [4.69, 9.17) is 0 Å². The van der Waals surface area contributed by atoms with Crippen LogP contribution in [0.25, 0.3) is 10.9 Å². The maximum Gasteiger partial charge on any atom is 0.282 e. The Morgan fingerprint density at radius 2 is 2.05 bits per heavy atom. The van der Waals surface area contributed by atoms with Gasteiger partial charge in [-0.05, 0) is 30.9 Å². The first-order chi connectivity index (χ1) is 9.24. The molecule has 0 aliphatic carbocycles. The molecule has 1 fully saturated rings. The van der Waals surface area contributed by atoms with Crippen LogP contribution >= 0.6 is 0 Å². The first kappa shape index (κ1) is 12.3. The van der Waals surface area contributed by atoms with Crippen molar-refractivity contribution in [1.29, 1.82) is 0 Å². The van der Waals surface area contributed by atoms with Crippen LogP contribution in [0, 0.1) is 5.92 Å². The van der Waals surface area contributed by atoms with Gasteiger partial charge in [-0.3, -0.25) is 4.79 Å². The van der Waals surface area contributed by atoms with Gasteiger partial charge in [0.1, 0.15) is 5.52 Å². The van der Waals surface area contributed by atoms with E-state index in [9.17, 15) is 4.79 Å². The molecule has 0 saturated carbocycles. The van der Waals surface area contributed by atoms with Gasteiger partial charge in [0, 0.05) is 0 Å². The lowest BCUT2D eigenvalue weighted by atomic mass is 10.00. The van der Waals surface area contributed by atoms with Crippen molar-refractivity contribution in [1.82, 2.24) is 15.0 Å². The first-order valence-electron chi connectivity index (χ1n) is 6.90. The summed E-state index contributed by atoms with van der Waals surface area (Å²) in [5.74, 6) is 0.808.